The maximum atomic E-state index is 12.4. The molecule has 1 amide bonds. The van der Waals surface area contributed by atoms with Gasteiger partial charge in [-0.15, -0.1) is 24.8 Å². The molecule has 154 valence electrons. The monoisotopic (exact) mass is 415 g/mol. The van der Waals surface area contributed by atoms with E-state index in [2.05, 4.69) is 55.3 Å². The molecule has 0 bridgehead atoms. The number of piperidine rings is 1. The summed E-state index contributed by atoms with van der Waals surface area (Å²) in [5.74, 6) is 0.360. The summed E-state index contributed by atoms with van der Waals surface area (Å²) < 4.78 is 0. The maximum absolute atomic E-state index is 12.4. The average molecular weight is 416 g/mol. The molecule has 1 saturated heterocycles. The molecule has 2 aliphatic rings. The van der Waals surface area contributed by atoms with Gasteiger partial charge in [-0.25, -0.2) is 0 Å². The Labute approximate surface area is 176 Å². The summed E-state index contributed by atoms with van der Waals surface area (Å²) in [5.41, 5.74) is 8.78. The second-order valence-electron chi connectivity index (χ2n) is 8.84. The van der Waals surface area contributed by atoms with Gasteiger partial charge in [0.15, 0.2) is 0 Å². The lowest BCUT2D eigenvalue weighted by molar-refractivity contribution is -0.125. The van der Waals surface area contributed by atoms with Gasteiger partial charge in [-0.1, -0.05) is 32.9 Å². The predicted molar refractivity (Wildman–Crippen MR) is 118 cm³/mol. The van der Waals surface area contributed by atoms with E-state index in [1.807, 2.05) is 0 Å². The number of nitrogens with two attached hydrogens (primary N) is 1. The SMILES string of the molecule is CC(C)(C)c1ccc(N2CCC(NC(=O)C3CCC(N)C3)CC2)cc1.Cl.Cl. The van der Waals surface area contributed by atoms with Crippen molar-refractivity contribution in [2.24, 2.45) is 11.7 Å². The van der Waals surface area contributed by atoms with Crippen LogP contribution in [-0.2, 0) is 10.2 Å². The van der Waals surface area contributed by atoms with Crippen molar-refractivity contribution in [3.63, 3.8) is 0 Å². The zero-order valence-corrected chi connectivity index (χ0v) is 18.4. The highest BCUT2D eigenvalue weighted by Crippen LogP contribution is 2.27. The summed E-state index contributed by atoms with van der Waals surface area (Å²) >= 11 is 0. The van der Waals surface area contributed by atoms with E-state index in [4.69, 9.17) is 5.73 Å². The van der Waals surface area contributed by atoms with Crippen LogP contribution < -0.4 is 16.0 Å². The number of carbonyl (C=O) groups excluding carboxylic acids is 1. The third kappa shape index (κ3) is 6.27. The zero-order chi connectivity index (χ0) is 18.0. The van der Waals surface area contributed by atoms with Gasteiger partial charge in [0, 0.05) is 36.8 Å². The molecule has 2 fully saturated rings. The molecule has 0 spiro atoms. The van der Waals surface area contributed by atoms with Crippen LogP contribution in [0.25, 0.3) is 0 Å². The van der Waals surface area contributed by atoms with Crippen molar-refractivity contribution in [1.82, 2.24) is 5.32 Å². The van der Waals surface area contributed by atoms with Crippen LogP contribution in [0.5, 0.6) is 0 Å². The first kappa shape index (κ1) is 24.1. The molecule has 27 heavy (non-hydrogen) atoms. The molecule has 0 aromatic heterocycles. The first-order valence-corrected chi connectivity index (χ1v) is 9.74. The van der Waals surface area contributed by atoms with E-state index in [-0.39, 0.29) is 48.1 Å². The number of anilines is 1. The topological polar surface area (TPSA) is 58.4 Å². The van der Waals surface area contributed by atoms with Crippen molar-refractivity contribution in [2.75, 3.05) is 18.0 Å². The molecule has 0 radical (unpaired) electrons. The Hall–Kier alpha value is -0.970. The van der Waals surface area contributed by atoms with Crippen molar-refractivity contribution in [3.05, 3.63) is 29.8 Å². The van der Waals surface area contributed by atoms with E-state index in [1.54, 1.807) is 0 Å². The van der Waals surface area contributed by atoms with E-state index in [0.717, 1.165) is 45.2 Å². The van der Waals surface area contributed by atoms with Crippen molar-refractivity contribution < 1.29 is 4.79 Å². The molecule has 1 aromatic carbocycles. The summed E-state index contributed by atoms with van der Waals surface area (Å²) in [7, 11) is 0. The number of nitrogens with one attached hydrogen (secondary N) is 1. The third-order valence-electron chi connectivity index (χ3n) is 5.78. The Bertz CT molecular complexity index is 592. The average Bonchev–Trinajstić information content (AvgIpc) is 3.02. The highest BCUT2D eigenvalue weighted by atomic mass is 35.5. The minimum absolute atomic E-state index is 0. The van der Waals surface area contributed by atoms with Gasteiger partial charge in [-0.05, 0) is 55.2 Å². The number of amides is 1. The first-order valence-electron chi connectivity index (χ1n) is 9.74. The molecule has 1 aromatic rings. The summed E-state index contributed by atoms with van der Waals surface area (Å²) in [5, 5.41) is 3.26. The molecule has 1 aliphatic carbocycles. The molecule has 6 heteroatoms. The Morgan fingerprint density at radius 2 is 1.63 bits per heavy atom. The number of hydrogen-bond acceptors (Lipinski definition) is 3. The number of hydrogen-bond donors (Lipinski definition) is 2. The van der Waals surface area contributed by atoms with Gasteiger partial charge < -0.3 is 16.0 Å². The van der Waals surface area contributed by atoms with Crippen LogP contribution in [0.15, 0.2) is 24.3 Å². The van der Waals surface area contributed by atoms with E-state index in [9.17, 15) is 4.79 Å². The normalized spacial score (nSPS) is 23.3. The maximum Gasteiger partial charge on any atom is 0.223 e. The largest absolute Gasteiger partial charge is 0.371 e. The number of carbonyl (C=O) groups is 1. The lowest BCUT2D eigenvalue weighted by Gasteiger charge is -2.34. The zero-order valence-electron chi connectivity index (χ0n) is 16.7. The van der Waals surface area contributed by atoms with Gasteiger partial charge in [0.25, 0.3) is 0 Å². The predicted octanol–water partition coefficient (Wildman–Crippen LogP) is 4.04. The lowest BCUT2D eigenvalue weighted by Crippen LogP contribution is -2.46. The van der Waals surface area contributed by atoms with Crippen molar-refractivity contribution >= 4 is 36.4 Å². The summed E-state index contributed by atoms with van der Waals surface area (Å²) in [6.45, 7) is 8.74. The van der Waals surface area contributed by atoms with E-state index >= 15 is 0 Å². The van der Waals surface area contributed by atoms with Gasteiger partial charge in [-0.3, -0.25) is 4.79 Å². The second kappa shape index (κ2) is 9.99. The van der Waals surface area contributed by atoms with E-state index < -0.39 is 0 Å². The molecular weight excluding hydrogens is 381 g/mol. The molecule has 3 rings (SSSR count). The van der Waals surface area contributed by atoms with Crippen LogP contribution in [0.1, 0.15) is 58.4 Å². The quantitative estimate of drug-likeness (QED) is 0.782. The van der Waals surface area contributed by atoms with Gasteiger partial charge in [0.05, 0.1) is 0 Å². The number of halogens is 2. The molecule has 4 nitrogen and oxygen atoms in total. The molecule has 2 atom stereocenters. The molecular formula is C21H35Cl2N3O. The van der Waals surface area contributed by atoms with Crippen LogP contribution in [-0.4, -0.2) is 31.1 Å². The number of nitrogens with zero attached hydrogens (tertiary/aromatic N) is 1. The van der Waals surface area contributed by atoms with Crippen LogP contribution in [0.2, 0.25) is 0 Å². The third-order valence-corrected chi connectivity index (χ3v) is 5.78. The van der Waals surface area contributed by atoms with Crippen molar-refractivity contribution in [3.8, 4) is 0 Å². The molecule has 2 unspecified atom stereocenters. The van der Waals surface area contributed by atoms with Gasteiger partial charge >= 0.3 is 0 Å². The summed E-state index contributed by atoms with van der Waals surface area (Å²) in [4.78, 5) is 14.8. The second-order valence-corrected chi connectivity index (χ2v) is 8.84. The van der Waals surface area contributed by atoms with E-state index in [0.29, 0.717) is 6.04 Å². The minimum Gasteiger partial charge on any atom is -0.371 e. The van der Waals surface area contributed by atoms with Crippen LogP contribution in [0.4, 0.5) is 5.69 Å². The molecule has 3 N–H and O–H groups in total. The number of benzene rings is 1. The summed E-state index contributed by atoms with van der Waals surface area (Å²) in [6, 6.07) is 9.49. The fourth-order valence-electron chi connectivity index (χ4n) is 4.03. The van der Waals surface area contributed by atoms with Crippen LogP contribution >= 0.6 is 24.8 Å². The fraction of sp³-hybridized carbons (Fsp3) is 0.667. The van der Waals surface area contributed by atoms with Crippen molar-refractivity contribution in [2.45, 2.75) is 70.4 Å². The molecule has 1 aliphatic heterocycles. The standard InChI is InChI=1S/C21H33N3O.2ClH/c1-21(2,3)16-5-8-19(9-6-16)24-12-10-18(11-13-24)23-20(25)15-4-7-17(22)14-15;;/h5-6,8-9,15,17-18H,4,7,10-14,22H2,1-3H3,(H,23,25);2*1H. The Morgan fingerprint density at radius 3 is 2.11 bits per heavy atom. The molecule has 1 heterocycles. The van der Waals surface area contributed by atoms with Gasteiger partial charge in [-0.2, -0.15) is 0 Å². The van der Waals surface area contributed by atoms with E-state index in [1.165, 1.54) is 11.3 Å². The first-order chi connectivity index (χ1) is 11.8. The highest BCUT2D eigenvalue weighted by molar-refractivity contribution is 5.85. The lowest BCUT2D eigenvalue weighted by atomic mass is 9.87. The Balaban J connectivity index is 0.00000182. The molecule has 1 saturated carbocycles. The minimum atomic E-state index is 0. The Kier molecular flexibility index (Phi) is 8.91. The smallest absolute Gasteiger partial charge is 0.223 e. The van der Waals surface area contributed by atoms with Gasteiger partial charge in [0.2, 0.25) is 5.91 Å². The van der Waals surface area contributed by atoms with Crippen molar-refractivity contribution in [1.29, 1.82) is 0 Å². The Morgan fingerprint density at radius 1 is 1.04 bits per heavy atom. The highest BCUT2D eigenvalue weighted by Gasteiger charge is 2.30. The van der Waals surface area contributed by atoms with Crippen LogP contribution in [0, 0.1) is 5.92 Å². The summed E-state index contributed by atoms with van der Waals surface area (Å²) in [6.07, 6.45) is 4.83. The number of rotatable bonds is 3. The fourth-order valence-corrected chi connectivity index (χ4v) is 4.03. The van der Waals surface area contributed by atoms with Crippen LogP contribution in [0.3, 0.4) is 0 Å². The van der Waals surface area contributed by atoms with Gasteiger partial charge in [0.1, 0.15) is 0 Å².